The Morgan fingerprint density at radius 2 is 1.74 bits per heavy atom. The number of hydrogen-bond donors (Lipinski definition) is 1. The minimum absolute atomic E-state index is 0.428. The first-order chi connectivity index (χ1) is 16.5. The van der Waals surface area contributed by atoms with E-state index in [-0.39, 0.29) is 0 Å². The van der Waals surface area contributed by atoms with Crippen molar-refractivity contribution in [3.63, 3.8) is 0 Å². The highest BCUT2D eigenvalue weighted by atomic mass is 16.5. The first-order valence-electron chi connectivity index (χ1n) is 10.8. The molecule has 1 amide bonds. The van der Waals surface area contributed by atoms with E-state index in [0.717, 1.165) is 35.2 Å². The lowest BCUT2D eigenvalue weighted by Gasteiger charge is -2.22. The summed E-state index contributed by atoms with van der Waals surface area (Å²) < 4.78 is 21.6. The Hall–Kier alpha value is -4.07. The summed E-state index contributed by atoms with van der Waals surface area (Å²) in [5.74, 6) is 0.324. The quantitative estimate of drug-likeness (QED) is 0.532. The topological polar surface area (TPSA) is 110 Å². The molecule has 0 spiro atoms. The third-order valence-corrected chi connectivity index (χ3v) is 5.75. The third kappa shape index (κ3) is 4.39. The van der Waals surface area contributed by atoms with E-state index in [4.69, 9.17) is 29.7 Å². The molecule has 3 aromatic rings. The van der Waals surface area contributed by atoms with Crippen LogP contribution >= 0.6 is 0 Å². The van der Waals surface area contributed by atoms with Gasteiger partial charge in [-0.25, -0.2) is 9.78 Å². The van der Waals surface area contributed by atoms with Crippen molar-refractivity contribution >= 4 is 34.4 Å². The summed E-state index contributed by atoms with van der Waals surface area (Å²) in [4.78, 5) is 29.1. The Kier molecular flexibility index (Phi) is 6.67. The summed E-state index contributed by atoms with van der Waals surface area (Å²) in [6.45, 7) is -0.474. The van der Waals surface area contributed by atoms with Crippen LogP contribution in [0.15, 0.2) is 36.4 Å². The number of fused-ring (bicyclic) bond motifs is 2. The summed E-state index contributed by atoms with van der Waals surface area (Å²) in [5.41, 5.74) is 9.65. The Morgan fingerprint density at radius 1 is 1.03 bits per heavy atom. The number of para-hydroxylation sites is 1. The summed E-state index contributed by atoms with van der Waals surface area (Å²) in [7, 11) is 4.70. The molecule has 2 N–H and O–H groups in total. The van der Waals surface area contributed by atoms with E-state index in [0.29, 0.717) is 40.1 Å². The molecule has 8 heteroatoms. The minimum atomic E-state index is -0.705. The highest BCUT2D eigenvalue weighted by Crippen LogP contribution is 2.41. The van der Waals surface area contributed by atoms with Gasteiger partial charge in [0, 0.05) is 5.39 Å². The lowest BCUT2D eigenvalue weighted by Crippen LogP contribution is -2.22. The van der Waals surface area contributed by atoms with Crippen LogP contribution in [0.1, 0.15) is 40.0 Å². The molecule has 0 saturated heterocycles. The number of nitrogens with two attached hydrogens (primary N) is 1. The van der Waals surface area contributed by atoms with E-state index in [1.807, 2.05) is 42.5 Å². The fourth-order valence-corrected chi connectivity index (χ4v) is 4.30. The van der Waals surface area contributed by atoms with Crippen molar-refractivity contribution < 1.29 is 28.5 Å². The minimum Gasteiger partial charge on any atom is -0.493 e. The van der Waals surface area contributed by atoms with Crippen LogP contribution in [-0.4, -0.2) is 44.8 Å². The second-order valence-electron chi connectivity index (χ2n) is 7.86. The summed E-state index contributed by atoms with van der Waals surface area (Å²) in [6.07, 6.45) is 4.30. The van der Waals surface area contributed by atoms with Crippen LogP contribution in [0.4, 0.5) is 0 Å². The van der Waals surface area contributed by atoms with E-state index in [1.54, 1.807) is 21.3 Å². The molecule has 1 aromatic heterocycles. The van der Waals surface area contributed by atoms with Crippen molar-refractivity contribution in [2.45, 2.75) is 19.3 Å². The molecular formula is C26H26N2O6. The largest absolute Gasteiger partial charge is 0.493 e. The molecule has 2 aromatic carbocycles. The van der Waals surface area contributed by atoms with E-state index in [1.165, 1.54) is 0 Å². The molecule has 0 atom stereocenters. The van der Waals surface area contributed by atoms with Gasteiger partial charge in [-0.1, -0.05) is 18.2 Å². The standard InChI is InChI=1S/C26H26N2O6/c1-31-20-12-15(13-21(32-2)25(20)33-3)11-16-7-6-9-18-23(26(30)34-14-22(27)29)17-8-4-5-10-19(17)28-24(16)18/h4-5,8,10-13H,6-7,9,14H2,1-3H3,(H2,27,29). The molecule has 4 rings (SSSR count). The van der Waals surface area contributed by atoms with Gasteiger partial charge >= 0.3 is 5.97 Å². The number of carbonyl (C=O) groups excluding carboxylic acids is 2. The van der Waals surface area contributed by atoms with Crippen LogP contribution in [0.25, 0.3) is 22.6 Å². The first-order valence-corrected chi connectivity index (χ1v) is 10.8. The zero-order chi connectivity index (χ0) is 24.2. The highest BCUT2D eigenvalue weighted by Gasteiger charge is 2.26. The molecule has 0 bridgehead atoms. The van der Waals surface area contributed by atoms with Crippen molar-refractivity contribution in [3.8, 4) is 17.2 Å². The van der Waals surface area contributed by atoms with Crippen molar-refractivity contribution in [2.75, 3.05) is 27.9 Å². The molecule has 1 aliphatic carbocycles. The number of primary amides is 1. The summed E-state index contributed by atoms with van der Waals surface area (Å²) in [5, 5.41) is 0.685. The molecule has 0 fully saturated rings. The van der Waals surface area contributed by atoms with Gasteiger partial charge in [0.05, 0.1) is 38.1 Å². The fourth-order valence-electron chi connectivity index (χ4n) is 4.30. The van der Waals surface area contributed by atoms with Crippen molar-refractivity contribution in [2.24, 2.45) is 5.73 Å². The first kappa shape index (κ1) is 23.1. The number of pyridine rings is 1. The number of aromatic nitrogens is 1. The molecule has 0 aliphatic heterocycles. The number of benzene rings is 2. The lowest BCUT2D eigenvalue weighted by atomic mass is 9.86. The van der Waals surface area contributed by atoms with Crippen LogP contribution in [0.3, 0.4) is 0 Å². The van der Waals surface area contributed by atoms with Gasteiger partial charge in [0.2, 0.25) is 5.75 Å². The SMILES string of the molecule is COc1cc(C=C2CCCc3c2nc2ccccc2c3C(=O)OCC(N)=O)cc(OC)c1OC. The summed E-state index contributed by atoms with van der Waals surface area (Å²) >= 11 is 0. The average Bonchev–Trinajstić information content (AvgIpc) is 2.85. The van der Waals surface area contributed by atoms with Crippen LogP contribution in [0, 0.1) is 0 Å². The Bertz CT molecular complexity index is 1270. The van der Waals surface area contributed by atoms with Gasteiger partial charge in [0.1, 0.15) is 0 Å². The van der Waals surface area contributed by atoms with Gasteiger partial charge in [0.15, 0.2) is 18.1 Å². The zero-order valence-corrected chi connectivity index (χ0v) is 19.3. The van der Waals surface area contributed by atoms with Gasteiger partial charge < -0.3 is 24.7 Å². The number of rotatable bonds is 7. The molecule has 1 heterocycles. The number of allylic oxidation sites excluding steroid dienone is 1. The van der Waals surface area contributed by atoms with Gasteiger partial charge in [-0.05, 0) is 60.2 Å². The number of amides is 1. The maximum atomic E-state index is 13.0. The maximum absolute atomic E-state index is 13.0. The average molecular weight is 463 g/mol. The molecule has 0 unspecified atom stereocenters. The monoisotopic (exact) mass is 462 g/mol. The number of nitrogens with zero attached hydrogens (tertiary/aromatic N) is 1. The second-order valence-corrected chi connectivity index (χ2v) is 7.86. The van der Waals surface area contributed by atoms with Crippen LogP contribution < -0.4 is 19.9 Å². The number of carbonyl (C=O) groups is 2. The molecule has 8 nitrogen and oxygen atoms in total. The Labute approximate surface area is 197 Å². The van der Waals surface area contributed by atoms with E-state index < -0.39 is 18.5 Å². The van der Waals surface area contributed by atoms with Gasteiger partial charge in [-0.2, -0.15) is 0 Å². The zero-order valence-electron chi connectivity index (χ0n) is 19.3. The van der Waals surface area contributed by atoms with Crippen molar-refractivity contribution in [1.29, 1.82) is 0 Å². The van der Waals surface area contributed by atoms with Gasteiger partial charge in [0.25, 0.3) is 5.91 Å². The summed E-state index contributed by atoms with van der Waals surface area (Å²) in [6, 6.07) is 11.1. The van der Waals surface area contributed by atoms with Crippen LogP contribution in [-0.2, 0) is 16.0 Å². The predicted molar refractivity (Wildman–Crippen MR) is 128 cm³/mol. The van der Waals surface area contributed by atoms with Gasteiger partial charge in [-0.15, -0.1) is 0 Å². The predicted octanol–water partition coefficient (Wildman–Crippen LogP) is 3.78. The molecular weight excluding hydrogens is 436 g/mol. The molecule has 0 radical (unpaired) electrons. The lowest BCUT2D eigenvalue weighted by molar-refractivity contribution is -0.121. The number of esters is 1. The molecule has 1 aliphatic rings. The molecule has 34 heavy (non-hydrogen) atoms. The van der Waals surface area contributed by atoms with E-state index in [9.17, 15) is 9.59 Å². The normalized spacial score (nSPS) is 13.9. The Morgan fingerprint density at radius 3 is 2.38 bits per heavy atom. The smallest absolute Gasteiger partial charge is 0.339 e. The fraction of sp³-hybridized carbons (Fsp3) is 0.269. The Balaban J connectivity index is 1.88. The van der Waals surface area contributed by atoms with Gasteiger partial charge in [-0.3, -0.25) is 4.79 Å². The molecule has 176 valence electrons. The number of hydrogen-bond acceptors (Lipinski definition) is 7. The van der Waals surface area contributed by atoms with E-state index >= 15 is 0 Å². The van der Waals surface area contributed by atoms with Crippen LogP contribution in [0.5, 0.6) is 17.2 Å². The molecule has 0 saturated carbocycles. The second kappa shape index (κ2) is 9.82. The maximum Gasteiger partial charge on any atom is 0.339 e. The highest BCUT2D eigenvalue weighted by molar-refractivity contribution is 6.07. The third-order valence-electron chi connectivity index (χ3n) is 5.75. The van der Waals surface area contributed by atoms with Crippen molar-refractivity contribution in [1.82, 2.24) is 4.98 Å². The van der Waals surface area contributed by atoms with E-state index in [2.05, 4.69) is 0 Å². The van der Waals surface area contributed by atoms with Crippen LogP contribution in [0.2, 0.25) is 0 Å². The number of ether oxygens (including phenoxy) is 4. The number of methoxy groups -OCH3 is 3. The van der Waals surface area contributed by atoms with Crippen molar-refractivity contribution in [3.05, 3.63) is 58.8 Å².